The maximum atomic E-state index is 12.9. The maximum absolute atomic E-state index is 12.9. The molecule has 1 aromatic carbocycles. The van der Waals surface area contributed by atoms with Crippen molar-refractivity contribution in [2.75, 3.05) is 5.32 Å². The molecule has 90 valence electrons. The minimum Gasteiger partial charge on any atom is -0.307 e. The molecule has 0 saturated heterocycles. The number of rotatable bonds is 3. The summed E-state index contributed by atoms with van der Waals surface area (Å²) in [7, 11) is 0. The molecule has 4 heteroatoms. The van der Waals surface area contributed by atoms with Crippen molar-refractivity contribution < 1.29 is 9.18 Å². The molecule has 0 aliphatic carbocycles. The lowest BCUT2D eigenvalue weighted by molar-refractivity contribution is -0.111. The van der Waals surface area contributed by atoms with E-state index in [1.807, 2.05) is 0 Å². The average molecular weight is 242 g/mol. The first-order valence-electron chi connectivity index (χ1n) is 5.40. The van der Waals surface area contributed by atoms with E-state index in [4.69, 9.17) is 0 Å². The van der Waals surface area contributed by atoms with E-state index in [9.17, 15) is 9.18 Å². The predicted molar refractivity (Wildman–Crippen MR) is 68.3 cm³/mol. The number of carbonyl (C=O) groups is 1. The van der Waals surface area contributed by atoms with Crippen LogP contribution in [0.2, 0.25) is 0 Å². The number of amides is 1. The average Bonchev–Trinajstić information content (AvgIpc) is 2.38. The predicted octanol–water partition coefficient (Wildman–Crippen LogP) is 2.87. The lowest BCUT2D eigenvalue weighted by Crippen LogP contribution is -2.08. The van der Waals surface area contributed by atoms with Crippen molar-refractivity contribution in [1.82, 2.24) is 4.98 Å². The Morgan fingerprint density at radius 2 is 2.11 bits per heavy atom. The first-order valence-corrected chi connectivity index (χ1v) is 5.40. The zero-order chi connectivity index (χ0) is 12.8. The second-order valence-electron chi connectivity index (χ2n) is 3.59. The third-order valence-corrected chi connectivity index (χ3v) is 2.19. The number of hydrogen-bond donors (Lipinski definition) is 1. The molecule has 0 bridgehead atoms. The molecule has 2 aromatic rings. The molecule has 1 amide bonds. The van der Waals surface area contributed by atoms with Gasteiger partial charge in [0, 0.05) is 12.3 Å². The lowest BCUT2D eigenvalue weighted by atomic mass is 10.2. The summed E-state index contributed by atoms with van der Waals surface area (Å²) in [4.78, 5) is 15.5. The number of pyridine rings is 1. The molecule has 18 heavy (non-hydrogen) atoms. The van der Waals surface area contributed by atoms with Crippen molar-refractivity contribution >= 4 is 17.8 Å². The quantitative estimate of drug-likeness (QED) is 0.841. The standard InChI is InChI=1S/C14H11FN2O/c15-12-5-3-4-11(10-12)7-8-14(18)17-13-6-1-2-9-16-13/h1-10H,(H,16,17,18)/b8-7+. The van der Waals surface area contributed by atoms with Crippen LogP contribution >= 0.6 is 0 Å². The van der Waals surface area contributed by atoms with E-state index < -0.39 is 0 Å². The van der Waals surface area contributed by atoms with E-state index >= 15 is 0 Å². The highest BCUT2D eigenvalue weighted by Crippen LogP contribution is 2.06. The van der Waals surface area contributed by atoms with Gasteiger partial charge in [-0.25, -0.2) is 9.37 Å². The number of aromatic nitrogens is 1. The molecule has 3 nitrogen and oxygen atoms in total. The Bertz CT molecular complexity index is 567. The smallest absolute Gasteiger partial charge is 0.249 e. The minimum absolute atomic E-state index is 0.307. The molecule has 0 aliphatic heterocycles. The van der Waals surface area contributed by atoms with Gasteiger partial charge in [-0.15, -0.1) is 0 Å². The number of carbonyl (C=O) groups excluding carboxylic acids is 1. The summed E-state index contributed by atoms with van der Waals surface area (Å²) in [5.41, 5.74) is 0.631. The SMILES string of the molecule is O=C(/C=C/c1cccc(F)c1)Nc1ccccn1. The first-order chi connectivity index (χ1) is 8.74. The molecule has 0 unspecified atom stereocenters. The Labute approximate surface area is 104 Å². The highest BCUT2D eigenvalue weighted by atomic mass is 19.1. The van der Waals surface area contributed by atoms with Crippen molar-refractivity contribution in [3.05, 3.63) is 66.1 Å². The van der Waals surface area contributed by atoms with Crippen LogP contribution in [0.15, 0.2) is 54.7 Å². The monoisotopic (exact) mass is 242 g/mol. The van der Waals surface area contributed by atoms with E-state index in [0.717, 1.165) is 0 Å². The Morgan fingerprint density at radius 3 is 2.83 bits per heavy atom. The summed E-state index contributed by atoms with van der Waals surface area (Å²) in [5, 5.41) is 2.60. The summed E-state index contributed by atoms with van der Waals surface area (Å²) < 4.78 is 12.9. The van der Waals surface area contributed by atoms with E-state index in [1.165, 1.54) is 18.2 Å². The van der Waals surface area contributed by atoms with Crippen molar-refractivity contribution in [3.63, 3.8) is 0 Å². The molecule has 0 aliphatic rings. The van der Waals surface area contributed by atoms with Crippen molar-refractivity contribution in [3.8, 4) is 0 Å². The minimum atomic E-state index is -0.331. The second-order valence-corrected chi connectivity index (χ2v) is 3.59. The number of benzene rings is 1. The number of anilines is 1. The van der Waals surface area contributed by atoms with Crippen LogP contribution in [0.3, 0.4) is 0 Å². The van der Waals surface area contributed by atoms with Gasteiger partial charge in [-0.3, -0.25) is 4.79 Å². The topological polar surface area (TPSA) is 42.0 Å². The summed E-state index contributed by atoms with van der Waals surface area (Å²) >= 11 is 0. The molecule has 0 fully saturated rings. The maximum Gasteiger partial charge on any atom is 0.249 e. The van der Waals surface area contributed by atoms with Crippen LogP contribution in [0.25, 0.3) is 6.08 Å². The summed E-state index contributed by atoms with van der Waals surface area (Å²) in [6.45, 7) is 0. The van der Waals surface area contributed by atoms with Gasteiger partial charge >= 0.3 is 0 Å². The van der Waals surface area contributed by atoms with Gasteiger partial charge in [-0.2, -0.15) is 0 Å². The Kier molecular flexibility index (Phi) is 3.81. The van der Waals surface area contributed by atoms with Gasteiger partial charge in [-0.05, 0) is 35.9 Å². The van der Waals surface area contributed by atoms with Crippen LogP contribution in [0.4, 0.5) is 10.2 Å². The lowest BCUT2D eigenvalue weighted by Gasteiger charge is -1.99. The summed E-state index contributed by atoms with van der Waals surface area (Å²) in [6, 6.07) is 11.2. The fourth-order valence-electron chi connectivity index (χ4n) is 1.39. The Morgan fingerprint density at radius 1 is 1.22 bits per heavy atom. The summed E-state index contributed by atoms with van der Waals surface area (Å²) in [6.07, 6.45) is 4.47. The molecule has 2 rings (SSSR count). The zero-order valence-electron chi connectivity index (χ0n) is 9.51. The van der Waals surface area contributed by atoms with Gasteiger partial charge in [0.15, 0.2) is 0 Å². The molecule has 1 aromatic heterocycles. The van der Waals surface area contributed by atoms with Crippen molar-refractivity contribution in [1.29, 1.82) is 0 Å². The third-order valence-electron chi connectivity index (χ3n) is 2.19. The van der Waals surface area contributed by atoms with Crippen LogP contribution in [0.1, 0.15) is 5.56 Å². The van der Waals surface area contributed by atoms with E-state index in [1.54, 1.807) is 42.6 Å². The molecular weight excluding hydrogens is 231 g/mol. The van der Waals surface area contributed by atoms with Gasteiger partial charge in [0.1, 0.15) is 11.6 Å². The number of nitrogens with one attached hydrogen (secondary N) is 1. The van der Waals surface area contributed by atoms with Crippen LogP contribution < -0.4 is 5.32 Å². The molecule has 1 N–H and O–H groups in total. The zero-order valence-corrected chi connectivity index (χ0v) is 9.51. The first kappa shape index (κ1) is 12.0. The molecule has 0 saturated carbocycles. The van der Waals surface area contributed by atoms with Gasteiger partial charge in [0.25, 0.3) is 0 Å². The van der Waals surface area contributed by atoms with E-state index in [0.29, 0.717) is 11.4 Å². The highest BCUT2D eigenvalue weighted by Gasteiger charge is 1.97. The Balaban J connectivity index is 1.99. The number of nitrogens with zero attached hydrogens (tertiary/aromatic N) is 1. The Hall–Kier alpha value is -2.49. The van der Waals surface area contributed by atoms with Gasteiger partial charge in [-0.1, -0.05) is 18.2 Å². The largest absolute Gasteiger partial charge is 0.307 e. The fourth-order valence-corrected chi connectivity index (χ4v) is 1.39. The van der Waals surface area contributed by atoms with Crippen molar-refractivity contribution in [2.24, 2.45) is 0 Å². The van der Waals surface area contributed by atoms with Crippen LogP contribution in [0.5, 0.6) is 0 Å². The van der Waals surface area contributed by atoms with Crippen LogP contribution in [-0.4, -0.2) is 10.9 Å². The molecule has 1 heterocycles. The van der Waals surface area contributed by atoms with E-state index in [-0.39, 0.29) is 11.7 Å². The van der Waals surface area contributed by atoms with Gasteiger partial charge < -0.3 is 5.32 Å². The van der Waals surface area contributed by atoms with Crippen LogP contribution in [0, 0.1) is 5.82 Å². The molecule has 0 atom stereocenters. The van der Waals surface area contributed by atoms with Gasteiger partial charge in [0.2, 0.25) is 5.91 Å². The van der Waals surface area contributed by atoms with Crippen molar-refractivity contribution in [2.45, 2.75) is 0 Å². The normalized spacial score (nSPS) is 10.5. The molecular formula is C14H11FN2O. The molecule has 0 radical (unpaired) electrons. The van der Waals surface area contributed by atoms with Crippen LogP contribution in [-0.2, 0) is 4.79 Å². The molecule has 0 spiro atoms. The summed E-state index contributed by atoms with van der Waals surface area (Å²) in [5.74, 6) is -0.161. The van der Waals surface area contributed by atoms with E-state index in [2.05, 4.69) is 10.3 Å². The number of hydrogen-bond acceptors (Lipinski definition) is 2. The number of halogens is 1. The third kappa shape index (κ3) is 3.52. The second kappa shape index (κ2) is 5.72. The highest BCUT2D eigenvalue weighted by molar-refractivity contribution is 6.01. The van der Waals surface area contributed by atoms with Gasteiger partial charge in [0.05, 0.1) is 0 Å². The fraction of sp³-hybridized carbons (Fsp3) is 0.